The van der Waals surface area contributed by atoms with Gasteiger partial charge in [0.25, 0.3) is 0 Å². The molecule has 0 aliphatic carbocycles. The zero-order chi connectivity index (χ0) is 15.1. The average molecular weight is 285 g/mol. The molecule has 19 heavy (non-hydrogen) atoms. The van der Waals surface area contributed by atoms with Crippen LogP contribution in [0.15, 0.2) is 12.7 Å². The molecule has 0 aliphatic heterocycles. The second-order valence-corrected chi connectivity index (χ2v) is 10.3. The largest absolute Gasteiger partial charge is 0.413 e. The normalized spacial score (nSPS) is 16.7. The van der Waals surface area contributed by atoms with Crippen molar-refractivity contribution in [1.82, 2.24) is 0 Å². The van der Waals surface area contributed by atoms with Crippen LogP contribution in [0, 0.1) is 11.8 Å². The minimum atomic E-state index is -1.68. The Kier molecular flexibility index (Phi) is 8.51. The van der Waals surface area contributed by atoms with Crippen molar-refractivity contribution in [3.05, 3.63) is 12.7 Å². The van der Waals surface area contributed by atoms with E-state index in [2.05, 4.69) is 34.3 Å². The fraction of sp³-hybridized carbons (Fsp3) is 0.812. The highest BCUT2D eigenvalue weighted by Crippen LogP contribution is 2.30. The van der Waals surface area contributed by atoms with Gasteiger partial charge in [0.2, 0.25) is 0 Å². The van der Waals surface area contributed by atoms with E-state index in [4.69, 9.17) is 4.43 Å². The monoisotopic (exact) mass is 284 g/mol. The quantitative estimate of drug-likeness (QED) is 0.425. The van der Waals surface area contributed by atoms with Crippen molar-refractivity contribution in [1.29, 1.82) is 0 Å². The predicted octanol–water partition coefficient (Wildman–Crippen LogP) is 4.81. The maximum absolute atomic E-state index is 12.0. The molecule has 0 aromatic rings. The molecule has 0 heterocycles. The van der Waals surface area contributed by atoms with E-state index in [1.165, 1.54) is 0 Å². The lowest BCUT2D eigenvalue weighted by Gasteiger charge is -2.37. The maximum atomic E-state index is 12.0. The van der Waals surface area contributed by atoms with Crippen molar-refractivity contribution < 1.29 is 9.22 Å². The summed E-state index contributed by atoms with van der Waals surface area (Å²) in [7, 11) is -1.68. The molecule has 0 rings (SSSR count). The van der Waals surface area contributed by atoms with Crippen LogP contribution >= 0.6 is 0 Å². The summed E-state index contributed by atoms with van der Waals surface area (Å²) in [5, 5.41) is 0. The standard InChI is InChI=1S/C16H32O2Si/c1-8-13(6)16(14(7)15(17)9-2)18-19(10-3,11-4)12-5/h8,13-14,16H,1,9-12H2,2-7H3/t13-,14+,16+/m0/s1. The van der Waals surface area contributed by atoms with Crippen LogP contribution in [0.3, 0.4) is 0 Å². The van der Waals surface area contributed by atoms with Gasteiger partial charge in [0.15, 0.2) is 8.32 Å². The van der Waals surface area contributed by atoms with Gasteiger partial charge in [-0.05, 0) is 24.1 Å². The van der Waals surface area contributed by atoms with E-state index < -0.39 is 8.32 Å². The number of ketones is 1. The summed E-state index contributed by atoms with van der Waals surface area (Å²) >= 11 is 0. The van der Waals surface area contributed by atoms with E-state index >= 15 is 0 Å². The van der Waals surface area contributed by atoms with Crippen molar-refractivity contribution >= 4 is 14.1 Å². The Morgan fingerprint density at radius 2 is 1.63 bits per heavy atom. The molecule has 3 atom stereocenters. The molecule has 112 valence electrons. The second kappa shape index (κ2) is 8.70. The Labute approximate surface area is 120 Å². The Morgan fingerprint density at radius 3 is 1.95 bits per heavy atom. The SMILES string of the molecule is C=C[C@H](C)[C@@H](O[Si](CC)(CC)CC)[C@H](C)C(=O)CC. The molecule has 0 saturated heterocycles. The molecule has 0 aromatic heterocycles. The molecule has 2 nitrogen and oxygen atoms in total. The number of carbonyl (C=O) groups is 1. The van der Waals surface area contributed by atoms with Crippen molar-refractivity contribution in [2.24, 2.45) is 11.8 Å². The van der Waals surface area contributed by atoms with Crippen LogP contribution < -0.4 is 0 Å². The molecule has 0 spiro atoms. The van der Waals surface area contributed by atoms with Crippen molar-refractivity contribution in [3.8, 4) is 0 Å². The summed E-state index contributed by atoms with van der Waals surface area (Å²) in [6.07, 6.45) is 2.50. The topological polar surface area (TPSA) is 26.3 Å². The summed E-state index contributed by atoms with van der Waals surface area (Å²) in [6.45, 7) is 16.6. The van der Waals surface area contributed by atoms with E-state index in [1.807, 2.05) is 19.9 Å². The molecular weight excluding hydrogens is 252 g/mol. The van der Waals surface area contributed by atoms with Gasteiger partial charge < -0.3 is 4.43 Å². The van der Waals surface area contributed by atoms with Gasteiger partial charge in [0.1, 0.15) is 5.78 Å². The maximum Gasteiger partial charge on any atom is 0.192 e. The Bertz CT molecular complexity index is 276. The molecular formula is C16H32O2Si. The van der Waals surface area contributed by atoms with Gasteiger partial charge in [-0.15, -0.1) is 6.58 Å². The van der Waals surface area contributed by atoms with E-state index in [0.29, 0.717) is 12.2 Å². The fourth-order valence-electron chi connectivity index (χ4n) is 2.59. The highest BCUT2D eigenvalue weighted by molar-refractivity contribution is 6.73. The molecule has 0 N–H and O–H groups in total. The molecule has 0 aromatic carbocycles. The first kappa shape index (κ1) is 18.6. The van der Waals surface area contributed by atoms with Gasteiger partial charge in [-0.25, -0.2) is 0 Å². The average Bonchev–Trinajstić information content (AvgIpc) is 2.47. The highest BCUT2D eigenvalue weighted by Gasteiger charge is 2.37. The summed E-state index contributed by atoms with van der Waals surface area (Å²) in [5.41, 5.74) is 0. The first-order valence-electron chi connectivity index (χ1n) is 7.74. The van der Waals surface area contributed by atoms with Gasteiger partial charge in [-0.2, -0.15) is 0 Å². The lowest BCUT2D eigenvalue weighted by molar-refractivity contribution is -0.125. The molecule has 0 bridgehead atoms. The minimum Gasteiger partial charge on any atom is -0.413 e. The summed E-state index contributed by atoms with van der Waals surface area (Å²) < 4.78 is 6.57. The van der Waals surface area contributed by atoms with Crippen LogP contribution in [0.1, 0.15) is 48.0 Å². The smallest absolute Gasteiger partial charge is 0.192 e. The Morgan fingerprint density at radius 1 is 1.16 bits per heavy atom. The third-order valence-corrected chi connectivity index (χ3v) is 9.20. The molecule has 0 aliphatic rings. The molecule has 0 amide bonds. The molecule has 0 radical (unpaired) electrons. The van der Waals surface area contributed by atoms with Crippen molar-refractivity contribution in [2.75, 3.05) is 0 Å². The second-order valence-electron chi connectivity index (χ2n) is 5.53. The number of hydrogen-bond donors (Lipinski definition) is 0. The number of Topliss-reactive ketones (excluding diaryl/α,β-unsaturated/α-hetero) is 1. The zero-order valence-corrected chi connectivity index (χ0v) is 14.7. The molecule has 0 saturated carbocycles. The van der Waals surface area contributed by atoms with Crippen molar-refractivity contribution in [2.45, 2.75) is 72.2 Å². The van der Waals surface area contributed by atoms with Gasteiger partial charge in [0.05, 0.1) is 6.10 Å². The van der Waals surface area contributed by atoms with Crippen LogP contribution in [0.2, 0.25) is 18.1 Å². The van der Waals surface area contributed by atoms with Gasteiger partial charge in [-0.1, -0.05) is 47.6 Å². The summed E-state index contributed by atoms with van der Waals surface area (Å²) in [6, 6.07) is 3.36. The number of rotatable bonds is 10. The molecule has 0 unspecified atom stereocenters. The van der Waals surface area contributed by atoms with Gasteiger partial charge >= 0.3 is 0 Å². The third-order valence-electron chi connectivity index (χ3n) is 4.56. The molecule has 0 fully saturated rings. The van der Waals surface area contributed by atoms with Crippen LogP contribution in [-0.4, -0.2) is 20.2 Å². The first-order valence-corrected chi connectivity index (χ1v) is 10.3. The highest BCUT2D eigenvalue weighted by atomic mass is 28.4. The van der Waals surface area contributed by atoms with Crippen LogP contribution in [0.25, 0.3) is 0 Å². The van der Waals surface area contributed by atoms with E-state index in [-0.39, 0.29) is 17.9 Å². The molecule has 3 heteroatoms. The van der Waals surface area contributed by atoms with Gasteiger partial charge in [0, 0.05) is 12.3 Å². The van der Waals surface area contributed by atoms with E-state index in [9.17, 15) is 4.79 Å². The van der Waals surface area contributed by atoms with Crippen LogP contribution in [0.4, 0.5) is 0 Å². The van der Waals surface area contributed by atoms with Crippen LogP contribution in [-0.2, 0) is 9.22 Å². The van der Waals surface area contributed by atoms with Gasteiger partial charge in [-0.3, -0.25) is 4.79 Å². The first-order chi connectivity index (χ1) is 8.91. The Hall–Kier alpha value is -0.413. The number of hydrogen-bond acceptors (Lipinski definition) is 2. The number of carbonyl (C=O) groups excluding carboxylic acids is 1. The van der Waals surface area contributed by atoms with E-state index in [0.717, 1.165) is 18.1 Å². The lowest BCUT2D eigenvalue weighted by atomic mass is 9.89. The van der Waals surface area contributed by atoms with E-state index in [1.54, 1.807) is 0 Å². The lowest BCUT2D eigenvalue weighted by Crippen LogP contribution is -2.45. The third kappa shape index (κ3) is 4.88. The Balaban J connectivity index is 5.15. The summed E-state index contributed by atoms with van der Waals surface area (Å²) in [5.74, 6) is 0.487. The fourth-order valence-corrected chi connectivity index (χ4v) is 5.59. The zero-order valence-electron chi connectivity index (χ0n) is 13.7. The summed E-state index contributed by atoms with van der Waals surface area (Å²) in [4.78, 5) is 12.0. The minimum absolute atomic E-state index is 0.00327. The van der Waals surface area contributed by atoms with Crippen molar-refractivity contribution in [3.63, 3.8) is 0 Å². The van der Waals surface area contributed by atoms with Crippen LogP contribution in [0.5, 0.6) is 0 Å². The predicted molar refractivity (Wildman–Crippen MR) is 85.9 cm³/mol.